The molecule has 0 aromatic heterocycles. The second kappa shape index (κ2) is 8.06. The second-order valence-electron chi connectivity index (χ2n) is 6.37. The Morgan fingerprint density at radius 3 is 2.72 bits per heavy atom. The molecule has 132 valence electrons. The van der Waals surface area contributed by atoms with Crippen molar-refractivity contribution in [3.8, 4) is 5.75 Å². The molecule has 1 amide bonds. The van der Waals surface area contributed by atoms with Gasteiger partial charge in [-0.25, -0.2) is 0 Å². The number of amides is 1. The fourth-order valence-electron chi connectivity index (χ4n) is 3.11. The number of hydrogen-bond donors (Lipinski definition) is 1. The van der Waals surface area contributed by atoms with Gasteiger partial charge in [0.2, 0.25) is 0 Å². The molecule has 1 unspecified atom stereocenters. The lowest BCUT2D eigenvalue weighted by atomic mass is 10.0. The van der Waals surface area contributed by atoms with Gasteiger partial charge in [-0.15, -0.1) is 0 Å². The Kier molecular flexibility index (Phi) is 5.59. The molecule has 4 heteroatoms. The summed E-state index contributed by atoms with van der Waals surface area (Å²) >= 11 is 0. The molecule has 4 nitrogen and oxygen atoms in total. The number of anilines is 1. The van der Waals surface area contributed by atoms with Crippen LogP contribution in [0.25, 0.3) is 0 Å². The summed E-state index contributed by atoms with van der Waals surface area (Å²) in [5, 5.41) is 3.54. The highest BCUT2D eigenvalue weighted by molar-refractivity contribution is 6.01. The Labute approximate surface area is 149 Å². The summed E-state index contributed by atoms with van der Waals surface area (Å²) in [6, 6.07) is 15.8. The zero-order valence-electron chi connectivity index (χ0n) is 15.0. The van der Waals surface area contributed by atoms with Crippen LogP contribution in [0.3, 0.4) is 0 Å². The van der Waals surface area contributed by atoms with Gasteiger partial charge >= 0.3 is 0 Å². The van der Waals surface area contributed by atoms with Crippen LogP contribution in [0.4, 0.5) is 5.69 Å². The first kappa shape index (κ1) is 17.3. The third-order valence-electron chi connectivity index (χ3n) is 4.42. The van der Waals surface area contributed by atoms with Crippen LogP contribution in [0.5, 0.6) is 5.75 Å². The van der Waals surface area contributed by atoms with E-state index in [0.717, 1.165) is 48.4 Å². The first-order valence-corrected chi connectivity index (χ1v) is 9.14. The van der Waals surface area contributed by atoms with Gasteiger partial charge in [0.15, 0.2) is 0 Å². The zero-order chi connectivity index (χ0) is 17.6. The number of nitrogens with zero attached hydrogens (tertiary/aromatic N) is 1. The maximum atomic E-state index is 13.0. The number of carbonyl (C=O) groups excluding carboxylic acids is 1. The van der Waals surface area contributed by atoms with Gasteiger partial charge in [-0.3, -0.25) is 4.79 Å². The van der Waals surface area contributed by atoms with Crippen molar-refractivity contribution in [2.24, 2.45) is 0 Å². The Hall–Kier alpha value is -2.49. The van der Waals surface area contributed by atoms with E-state index in [1.54, 1.807) is 0 Å². The van der Waals surface area contributed by atoms with Crippen molar-refractivity contribution < 1.29 is 9.53 Å². The minimum atomic E-state index is -0.167. The predicted octanol–water partition coefficient (Wildman–Crippen LogP) is 4.84. The van der Waals surface area contributed by atoms with Gasteiger partial charge < -0.3 is 15.0 Å². The van der Waals surface area contributed by atoms with Crippen LogP contribution in [0.1, 0.15) is 55.2 Å². The summed E-state index contributed by atoms with van der Waals surface area (Å²) in [5.41, 5.74) is 2.69. The average molecular weight is 338 g/mol. The highest BCUT2D eigenvalue weighted by Crippen LogP contribution is 2.34. The third-order valence-corrected chi connectivity index (χ3v) is 4.42. The van der Waals surface area contributed by atoms with Crippen LogP contribution in [0.2, 0.25) is 0 Å². The minimum absolute atomic E-state index is 0.0904. The lowest BCUT2D eigenvalue weighted by Crippen LogP contribution is -2.43. The van der Waals surface area contributed by atoms with E-state index in [4.69, 9.17) is 4.74 Å². The Bertz CT molecular complexity index is 729. The molecule has 1 heterocycles. The lowest BCUT2D eigenvalue weighted by molar-refractivity contribution is 0.0680. The molecule has 1 N–H and O–H groups in total. The predicted molar refractivity (Wildman–Crippen MR) is 101 cm³/mol. The van der Waals surface area contributed by atoms with E-state index in [9.17, 15) is 4.79 Å². The van der Waals surface area contributed by atoms with Crippen LogP contribution in [0.15, 0.2) is 48.5 Å². The number of ether oxygens (including phenoxy) is 1. The molecule has 0 fully saturated rings. The summed E-state index contributed by atoms with van der Waals surface area (Å²) in [6.45, 7) is 5.67. The molecule has 0 radical (unpaired) electrons. The van der Waals surface area contributed by atoms with Crippen molar-refractivity contribution in [1.82, 2.24) is 4.90 Å². The number of hydrogen-bond acceptors (Lipinski definition) is 3. The number of fused-ring (bicyclic) bond motifs is 1. The van der Waals surface area contributed by atoms with Crippen LogP contribution in [-0.4, -0.2) is 24.0 Å². The maximum absolute atomic E-state index is 13.0. The third kappa shape index (κ3) is 3.78. The number of benzene rings is 2. The summed E-state index contributed by atoms with van der Waals surface area (Å²) in [6.07, 6.45) is 2.84. The molecule has 1 atom stereocenters. The molecule has 2 aromatic carbocycles. The van der Waals surface area contributed by atoms with Crippen molar-refractivity contribution in [3.63, 3.8) is 0 Å². The molecule has 3 rings (SSSR count). The molecular weight excluding hydrogens is 312 g/mol. The Balaban J connectivity index is 1.93. The summed E-state index contributed by atoms with van der Waals surface area (Å²) < 4.78 is 5.77. The van der Waals surface area contributed by atoms with Gasteiger partial charge in [-0.05, 0) is 42.7 Å². The van der Waals surface area contributed by atoms with Gasteiger partial charge in [0.05, 0.1) is 12.2 Å². The molecular formula is C21H26N2O2. The van der Waals surface area contributed by atoms with Gasteiger partial charge in [0.1, 0.15) is 11.9 Å². The minimum Gasteiger partial charge on any atom is -0.494 e. The first-order chi connectivity index (χ1) is 12.2. The van der Waals surface area contributed by atoms with E-state index in [-0.39, 0.29) is 12.1 Å². The number of carbonyl (C=O) groups is 1. The molecule has 25 heavy (non-hydrogen) atoms. The molecule has 1 aliphatic rings. The van der Waals surface area contributed by atoms with Gasteiger partial charge in [-0.2, -0.15) is 0 Å². The smallest absolute Gasteiger partial charge is 0.257 e. The highest BCUT2D eigenvalue weighted by atomic mass is 16.5. The number of rotatable bonds is 7. The van der Waals surface area contributed by atoms with Crippen LogP contribution in [0, 0.1) is 0 Å². The first-order valence-electron chi connectivity index (χ1n) is 9.14. The Morgan fingerprint density at radius 1 is 1.08 bits per heavy atom. The fraction of sp³-hybridized carbons (Fsp3) is 0.381. The lowest BCUT2D eigenvalue weighted by Gasteiger charge is -2.38. The van der Waals surface area contributed by atoms with Crippen LogP contribution in [-0.2, 0) is 0 Å². The average Bonchev–Trinajstić information content (AvgIpc) is 2.66. The van der Waals surface area contributed by atoms with Gasteiger partial charge in [-0.1, -0.05) is 44.5 Å². The molecule has 0 saturated carbocycles. The van der Waals surface area contributed by atoms with E-state index in [1.807, 2.05) is 47.4 Å². The molecule has 0 spiro atoms. The monoisotopic (exact) mass is 338 g/mol. The van der Waals surface area contributed by atoms with Crippen molar-refractivity contribution in [2.75, 3.05) is 18.5 Å². The summed E-state index contributed by atoms with van der Waals surface area (Å²) in [4.78, 5) is 15.0. The Morgan fingerprint density at radius 2 is 1.92 bits per heavy atom. The molecule has 1 aliphatic heterocycles. The van der Waals surface area contributed by atoms with E-state index in [1.165, 1.54) is 0 Å². The van der Waals surface area contributed by atoms with E-state index >= 15 is 0 Å². The standard InChI is InChI=1S/C21H26N2O2/c1-3-5-13-23-20(16-9-8-10-17(15-16)25-14-4-2)22-19-12-7-6-11-18(19)21(23)24/h6-12,15,20,22H,3-5,13-14H2,1-2H3. The highest BCUT2D eigenvalue weighted by Gasteiger charge is 2.32. The van der Waals surface area contributed by atoms with E-state index in [2.05, 4.69) is 25.2 Å². The van der Waals surface area contributed by atoms with Crippen LogP contribution < -0.4 is 10.1 Å². The van der Waals surface area contributed by atoms with Crippen molar-refractivity contribution in [1.29, 1.82) is 0 Å². The summed E-state index contributed by atoms with van der Waals surface area (Å²) in [7, 11) is 0. The zero-order valence-corrected chi connectivity index (χ0v) is 15.0. The quantitative estimate of drug-likeness (QED) is 0.785. The van der Waals surface area contributed by atoms with Crippen molar-refractivity contribution in [2.45, 2.75) is 39.3 Å². The van der Waals surface area contributed by atoms with Crippen molar-refractivity contribution in [3.05, 3.63) is 59.7 Å². The molecule has 2 aromatic rings. The fourth-order valence-corrected chi connectivity index (χ4v) is 3.11. The van der Waals surface area contributed by atoms with Gasteiger partial charge in [0.25, 0.3) is 5.91 Å². The van der Waals surface area contributed by atoms with Crippen LogP contribution >= 0.6 is 0 Å². The largest absolute Gasteiger partial charge is 0.494 e. The van der Waals surface area contributed by atoms with E-state index in [0.29, 0.717) is 6.61 Å². The van der Waals surface area contributed by atoms with Gasteiger partial charge in [0, 0.05) is 12.2 Å². The van der Waals surface area contributed by atoms with Crippen molar-refractivity contribution >= 4 is 11.6 Å². The number of para-hydroxylation sites is 1. The maximum Gasteiger partial charge on any atom is 0.257 e. The SMILES string of the molecule is CCCCN1C(=O)c2ccccc2NC1c1cccc(OCCC)c1. The summed E-state index contributed by atoms with van der Waals surface area (Å²) in [5.74, 6) is 0.940. The topological polar surface area (TPSA) is 41.6 Å². The van der Waals surface area contributed by atoms with E-state index < -0.39 is 0 Å². The molecule has 0 bridgehead atoms. The number of nitrogens with one attached hydrogen (secondary N) is 1. The molecule has 0 saturated heterocycles. The normalized spacial score (nSPS) is 16.3. The second-order valence-corrected chi connectivity index (χ2v) is 6.37. The molecule has 0 aliphatic carbocycles. The number of unbranched alkanes of at least 4 members (excludes halogenated alkanes) is 1.